The quantitative estimate of drug-likeness (QED) is 0.287. The summed E-state index contributed by atoms with van der Waals surface area (Å²) in [6.45, 7) is 3.17. The molecule has 0 aromatic heterocycles. The molecule has 2 aromatic carbocycles. The summed E-state index contributed by atoms with van der Waals surface area (Å²) in [4.78, 5) is 10.2. The summed E-state index contributed by atoms with van der Waals surface area (Å²) in [6.07, 6.45) is -5.52. The third-order valence-corrected chi connectivity index (χ3v) is 7.97. The molecule has 0 aliphatic rings. The molecule has 218 valence electrons. The number of alkyl halides is 3. The molecular formula is C26H33F5N2O5S. The molecule has 0 radical (unpaired) electrons. The van der Waals surface area contributed by atoms with E-state index in [2.05, 4.69) is 5.32 Å². The molecule has 0 aliphatic heterocycles. The Balaban J connectivity index is 2.02. The van der Waals surface area contributed by atoms with E-state index in [9.17, 15) is 40.3 Å². The van der Waals surface area contributed by atoms with Crippen molar-refractivity contribution in [1.82, 2.24) is 9.62 Å². The normalized spacial score (nSPS) is 13.6. The number of aryl methyl sites for hydroxylation is 2. The SMILES string of the molecule is CN(CC(O)CNC(C)(C)CCCc1cc(F)ccc1F)S(=O)(=O)c1cc(CCC(=O)O)cc(C(F)(F)F)c1. The molecule has 0 bridgehead atoms. The molecule has 39 heavy (non-hydrogen) atoms. The minimum atomic E-state index is -4.85. The molecule has 1 unspecified atom stereocenters. The van der Waals surface area contributed by atoms with Gasteiger partial charge in [-0.05, 0) is 87.1 Å². The van der Waals surface area contributed by atoms with E-state index in [4.69, 9.17) is 5.11 Å². The van der Waals surface area contributed by atoms with Crippen LogP contribution in [0.5, 0.6) is 0 Å². The number of aliphatic hydroxyl groups is 1. The summed E-state index contributed by atoms with van der Waals surface area (Å²) in [5.74, 6) is -2.28. The van der Waals surface area contributed by atoms with Crippen LogP contribution in [-0.2, 0) is 33.8 Å². The van der Waals surface area contributed by atoms with Crippen LogP contribution in [-0.4, -0.2) is 60.7 Å². The Hall–Kier alpha value is -2.61. The standard InChI is InChI=1S/C26H33F5N2O5S/c1-25(2,10-4-5-18-13-20(27)7-8-23(18)28)32-15-21(34)16-33(3)39(37,38)22-12-17(6-9-24(35)36)11-19(14-22)26(29,30)31/h7-8,11-14,21,32,34H,4-6,9-10,15-16H2,1-3H3,(H,35,36). The first-order valence-corrected chi connectivity index (χ1v) is 13.6. The maximum absolute atomic E-state index is 13.8. The molecular weight excluding hydrogens is 547 g/mol. The van der Waals surface area contributed by atoms with Gasteiger partial charge in [0.25, 0.3) is 0 Å². The second kappa shape index (κ2) is 13.2. The number of hydrogen-bond acceptors (Lipinski definition) is 5. The highest BCUT2D eigenvalue weighted by Gasteiger charge is 2.34. The van der Waals surface area contributed by atoms with Gasteiger partial charge < -0.3 is 15.5 Å². The van der Waals surface area contributed by atoms with E-state index in [0.29, 0.717) is 31.4 Å². The van der Waals surface area contributed by atoms with Crippen molar-refractivity contribution < 1.29 is 45.4 Å². The second-order valence-corrected chi connectivity index (χ2v) is 12.1. The topological polar surface area (TPSA) is 107 Å². The monoisotopic (exact) mass is 580 g/mol. The number of aliphatic hydroxyl groups excluding tert-OH is 1. The zero-order chi connectivity index (χ0) is 29.6. The van der Waals surface area contributed by atoms with Crippen molar-refractivity contribution in [2.75, 3.05) is 20.1 Å². The van der Waals surface area contributed by atoms with E-state index in [1.807, 2.05) is 13.8 Å². The number of hydrogen-bond donors (Lipinski definition) is 3. The molecule has 7 nitrogen and oxygen atoms in total. The molecule has 0 spiro atoms. The molecule has 3 N–H and O–H groups in total. The fourth-order valence-electron chi connectivity index (χ4n) is 3.95. The van der Waals surface area contributed by atoms with Crippen LogP contribution in [0.1, 0.15) is 49.8 Å². The summed E-state index contributed by atoms with van der Waals surface area (Å²) in [6, 6.07) is 5.42. The Kier molecular flexibility index (Phi) is 11.0. The average molecular weight is 581 g/mol. The van der Waals surface area contributed by atoms with Crippen LogP contribution in [0.2, 0.25) is 0 Å². The van der Waals surface area contributed by atoms with Crippen LogP contribution in [0, 0.1) is 11.6 Å². The van der Waals surface area contributed by atoms with E-state index in [-0.39, 0.29) is 24.1 Å². The van der Waals surface area contributed by atoms with Gasteiger partial charge in [-0.25, -0.2) is 17.2 Å². The van der Waals surface area contributed by atoms with Gasteiger partial charge in [-0.15, -0.1) is 0 Å². The second-order valence-electron chi connectivity index (χ2n) is 10.1. The Morgan fingerprint density at radius 1 is 1.08 bits per heavy atom. The van der Waals surface area contributed by atoms with Crippen molar-refractivity contribution in [1.29, 1.82) is 0 Å². The first-order valence-electron chi connectivity index (χ1n) is 12.2. The van der Waals surface area contributed by atoms with E-state index in [1.54, 1.807) is 0 Å². The molecule has 2 aromatic rings. The minimum Gasteiger partial charge on any atom is -0.481 e. The number of benzene rings is 2. The number of β-amino-alcohol motifs (C(OH)–C–C–N with tert-alkyl or cyclic N) is 1. The number of nitrogens with zero attached hydrogens (tertiary/aromatic N) is 1. The number of sulfonamides is 1. The molecule has 0 saturated carbocycles. The van der Waals surface area contributed by atoms with E-state index >= 15 is 0 Å². The summed E-state index contributed by atoms with van der Waals surface area (Å²) in [5, 5.41) is 22.4. The van der Waals surface area contributed by atoms with Gasteiger partial charge in [-0.1, -0.05) is 0 Å². The summed E-state index contributed by atoms with van der Waals surface area (Å²) in [7, 11) is -3.33. The number of nitrogens with one attached hydrogen (secondary N) is 1. The van der Waals surface area contributed by atoms with Gasteiger partial charge >= 0.3 is 12.1 Å². The molecule has 0 heterocycles. The summed E-state index contributed by atoms with van der Waals surface area (Å²) in [5.41, 5.74) is -1.62. The molecule has 0 aliphatic carbocycles. The van der Waals surface area contributed by atoms with Crippen LogP contribution in [0.3, 0.4) is 0 Å². The third kappa shape index (κ3) is 10.1. The lowest BCUT2D eigenvalue weighted by molar-refractivity contribution is -0.138. The highest BCUT2D eigenvalue weighted by Crippen LogP contribution is 2.32. The van der Waals surface area contributed by atoms with Crippen LogP contribution < -0.4 is 5.32 Å². The number of rotatable bonds is 14. The van der Waals surface area contributed by atoms with Crippen molar-refractivity contribution in [2.24, 2.45) is 0 Å². The molecule has 13 heteroatoms. The first-order chi connectivity index (χ1) is 17.9. The Bertz CT molecular complexity index is 1250. The number of carboxylic acid groups (broad SMARTS) is 1. The lowest BCUT2D eigenvalue weighted by Gasteiger charge is -2.29. The lowest BCUT2D eigenvalue weighted by Crippen LogP contribution is -2.46. The minimum absolute atomic E-state index is 0.0480. The van der Waals surface area contributed by atoms with Gasteiger partial charge in [-0.2, -0.15) is 17.5 Å². The van der Waals surface area contributed by atoms with E-state index in [1.165, 1.54) is 0 Å². The summed E-state index contributed by atoms with van der Waals surface area (Å²) < 4.78 is 94.0. The van der Waals surface area contributed by atoms with Crippen LogP contribution in [0.15, 0.2) is 41.3 Å². The zero-order valence-electron chi connectivity index (χ0n) is 21.9. The van der Waals surface area contributed by atoms with Crippen LogP contribution >= 0.6 is 0 Å². The largest absolute Gasteiger partial charge is 0.481 e. The molecule has 2 rings (SSSR count). The van der Waals surface area contributed by atoms with Crippen molar-refractivity contribution >= 4 is 16.0 Å². The van der Waals surface area contributed by atoms with Crippen molar-refractivity contribution in [3.8, 4) is 0 Å². The van der Waals surface area contributed by atoms with Crippen molar-refractivity contribution in [3.63, 3.8) is 0 Å². The maximum atomic E-state index is 13.8. The highest BCUT2D eigenvalue weighted by molar-refractivity contribution is 7.89. The number of likely N-dealkylation sites (N-methyl/N-ethyl adjacent to an activating group) is 1. The first kappa shape index (κ1) is 32.6. The Labute approximate surface area is 224 Å². The number of carbonyl (C=O) groups is 1. The van der Waals surface area contributed by atoms with E-state index < -0.39 is 68.9 Å². The number of halogens is 5. The number of carboxylic acids is 1. The van der Waals surface area contributed by atoms with Gasteiger partial charge in [0.05, 0.1) is 16.6 Å². The van der Waals surface area contributed by atoms with Gasteiger partial charge in [0.2, 0.25) is 10.0 Å². The van der Waals surface area contributed by atoms with Gasteiger partial charge in [0, 0.05) is 32.1 Å². The third-order valence-electron chi connectivity index (χ3n) is 6.17. The fourth-order valence-corrected chi connectivity index (χ4v) is 5.25. The Morgan fingerprint density at radius 3 is 2.36 bits per heavy atom. The average Bonchev–Trinajstić information content (AvgIpc) is 2.82. The molecule has 1 atom stereocenters. The van der Waals surface area contributed by atoms with Gasteiger partial charge in [-0.3, -0.25) is 4.79 Å². The van der Waals surface area contributed by atoms with Gasteiger partial charge in [0.1, 0.15) is 11.6 Å². The Morgan fingerprint density at radius 2 is 1.74 bits per heavy atom. The van der Waals surface area contributed by atoms with Crippen LogP contribution in [0.25, 0.3) is 0 Å². The predicted molar refractivity (Wildman–Crippen MR) is 135 cm³/mol. The highest BCUT2D eigenvalue weighted by atomic mass is 32.2. The lowest BCUT2D eigenvalue weighted by atomic mass is 9.95. The maximum Gasteiger partial charge on any atom is 0.416 e. The predicted octanol–water partition coefficient (Wildman–Crippen LogP) is 4.37. The van der Waals surface area contributed by atoms with Gasteiger partial charge in [0.15, 0.2) is 0 Å². The molecule has 0 amide bonds. The fraction of sp³-hybridized carbons (Fsp3) is 0.500. The van der Waals surface area contributed by atoms with Crippen LogP contribution in [0.4, 0.5) is 22.0 Å². The number of aliphatic carboxylic acids is 1. The van der Waals surface area contributed by atoms with Crippen molar-refractivity contribution in [3.05, 3.63) is 64.7 Å². The van der Waals surface area contributed by atoms with Crippen molar-refractivity contribution in [2.45, 2.75) is 68.7 Å². The smallest absolute Gasteiger partial charge is 0.416 e. The summed E-state index contributed by atoms with van der Waals surface area (Å²) >= 11 is 0. The zero-order valence-corrected chi connectivity index (χ0v) is 22.7. The van der Waals surface area contributed by atoms with E-state index in [0.717, 1.165) is 35.6 Å². The molecule has 0 saturated heterocycles. The molecule has 0 fully saturated rings.